The van der Waals surface area contributed by atoms with E-state index in [1.807, 2.05) is 0 Å². The highest BCUT2D eigenvalue weighted by molar-refractivity contribution is 9.10. The largest absolute Gasteiger partial charge is 0.307 e. The molecule has 0 radical (unpaired) electrons. The highest BCUT2D eigenvalue weighted by atomic mass is 79.9. The van der Waals surface area contributed by atoms with Crippen molar-refractivity contribution in [2.24, 2.45) is 0 Å². The second kappa shape index (κ2) is 5.05. The van der Waals surface area contributed by atoms with Crippen LogP contribution < -0.4 is 5.32 Å². The van der Waals surface area contributed by atoms with Crippen LogP contribution in [-0.4, -0.2) is 10.9 Å². The molecule has 2 rings (SSSR count). The Labute approximate surface area is 106 Å². The fourth-order valence-corrected chi connectivity index (χ4v) is 1.63. The van der Waals surface area contributed by atoms with Crippen molar-refractivity contribution < 1.29 is 9.18 Å². The topological polar surface area (TPSA) is 42.0 Å². The fraction of sp³-hybridized carbons (Fsp3) is 0. The first-order chi connectivity index (χ1) is 8.15. The number of pyridine rings is 1. The average molecular weight is 295 g/mol. The quantitative estimate of drug-likeness (QED) is 0.924. The van der Waals surface area contributed by atoms with Crippen LogP contribution in [0.3, 0.4) is 0 Å². The summed E-state index contributed by atoms with van der Waals surface area (Å²) in [6.07, 6.45) is 1.56. The second-order valence-corrected chi connectivity index (χ2v) is 4.24. The average Bonchev–Trinajstić information content (AvgIpc) is 2.29. The van der Waals surface area contributed by atoms with E-state index in [0.717, 1.165) is 4.47 Å². The van der Waals surface area contributed by atoms with E-state index in [0.29, 0.717) is 5.82 Å². The number of benzene rings is 1. The van der Waals surface area contributed by atoms with Crippen molar-refractivity contribution in [1.29, 1.82) is 0 Å². The van der Waals surface area contributed by atoms with Gasteiger partial charge in [-0.05, 0) is 30.3 Å². The van der Waals surface area contributed by atoms with Gasteiger partial charge in [-0.2, -0.15) is 0 Å². The van der Waals surface area contributed by atoms with Gasteiger partial charge in [-0.15, -0.1) is 0 Å². The molecule has 2 aromatic rings. The van der Waals surface area contributed by atoms with E-state index >= 15 is 0 Å². The molecular formula is C12H8BrFN2O. The van der Waals surface area contributed by atoms with Crippen molar-refractivity contribution in [3.8, 4) is 0 Å². The van der Waals surface area contributed by atoms with Gasteiger partial charge in [0, 0.05) is 16.2 Å². The van der Waals surface area contributed by atoms with Crippen LogP contribution in [0.2, 0.25) is 0 Å². The number of carbonyl (C=O) groups is 1. The maximum atomic E-state index is 12.9. The zero-order valence-electron chi connectivity index (χ0n) is 8.65. The van der Waals surface area contributed by atoms with Crippen molar-refractivity contribution in [3.63, 3.8) is 0 Å². The number of hydrogen-bond donors (Lipinski definition) is 1. The molecule has 1 N–H and O–H groups in total. The van der Waals surface area contributed by atoms with Crippen molar-refractivity contribution >= 4 is 27.7 Å². The first kappa shape index (κ1) is 11.7. The van der Waals surface area contributed by atoms with Crippen molar-refractivity contribution in [1.82, 2.24) is 4.98 Å². The number of nitrogens with one attached hydrogen (secondary N) is 1. The van der Waals surface area contributed by atoms with Crippen LogP contribution in [0.15, 0.2) is 47.1 Å². The molecule has 1 heterocycles. The molecule has 0 aliphatic rings. The molecular weight excluding hydrogens is 287 g/mol. The lowest BCUT2D eigenvalue weighted by molar-refractivity contribution is 0.102. The molecule has 0 bridgehead atoms. The zero-order valence-corrected chi connectivity index (χ0v) is 10.2. The van der Waals surface area contributed by atoms with Crippen LogP contribution in [-0.2, 0) is 0 Å². The molecule has 86 valence electrons. The Morgan fingerprint density at radius 3 is 2.82 bits per heavy atom. The van der Waals surface area contributed by atoms with Crippen LogP contribution in [0, 0.1) is 5.82 Å². The lowest BCUT2D eigenvalue weighted by Gasteiger charge is -2.04. The Kier molecular flexibility index (Phi) is 3.49. The second-order valence-electron chi connectivity index (χ2n) is 3.32. The molecule has 0 aliphatic heterocycles. The summed E-state index contributed by atoms with van der Waals surface area (Å²) >= 11 is 3.27. The van der Waals surface area contributed by atoms with Crippen LogP contribution in [0.5, 0.6) is 0 Å². The standard InChI is InChI=1S/C12H8BrFN2O/c13-9-4-5-15-11(7-9)16-12(17)8-2-1-3-10(14)6-8/h1-7H,(H,15,16,17). The van der Waals surface area contributed by atoms with E-state index < -0.39 is 11.7 Å². The van der Waals surface area contributed by atoms with Gasteiger partial charge in [0.25, 0.3) is 5.91 Å². The minimum absolute atomic E-state index is 0.256. The van der Waals surface area contributed by atoms with Gasteiger partial charge in [0.1, 0.15) is 11.6 Å². The van der Waals surface area contributed by atoms with E-state index in [-0.39, 0.29) is 5.56 Å². The van der Waals surface area contributed by atoms with Gasteiger partial charge in [-0.25, -0.2) is 9.37 Å². The van der Waals surface area contributed by atoms with Gasteiger partial charge in [0.05, 0.1) is 0 Å². The normalized spacial score (nSPS) is 10.0. The van der Waals surface area contributed by atoms with Crippen LogP contribution >= 0.6 is 15.9 Å². The number of rotatable bonds is 2. The van der Waals surface area contributed by atoms with E-state index in [2.05, 4.69) is 26.2 Å². The zero-order chi connectivity index (χ0) is 12.3. The molecule has 1 aromatic carbocycles. The Morgan fingerprint density at radius 2 is 2.12 bits per heavy atom. The third kappa shape index (κ3) is 3.10. The first-order valence-corrected chi connectivity index (χ1v) is 5.63. The van der Waals surface area contributed by atoms with Crippen LogP contribution in [0.1, 0.15) is 10.4 Å². The van der Waals surface area contributed by atoms with Gasteiger partial charge in [-0.1, -0.05) is 22.0 Å². The van der Waals surface area contributed by atoms with E-state index in [4.69, 9.17) is 0 Å². The molecule has 0 saturated heterocycles. The minimum atomic E-state index is -0.445. The van der Waals surface area contributed by atoms with Crippen molar-refractivity contribution in [2.45, 2.75) is 0 Å². The SMILES string of the molecule is O=C(Nc1cc(Br)ccn1)c1cccc(F)c1. The number of carbonyl (C=O) groups excluding carboxylic acids is 1. The summed E-state index contributed by atoms with van der Waals surface area (Å²) in [5.41, 5.74) is 0.256. The summed E-state index contributed by atoms with van der Waals surface area (Å²) in [5.74, 6) is -0.427. The van der Waals surface area contributed by atoms with E-state index in [9.17, 15) is 9.18 Å². The number of amides is 1. The molecule has 0 spiro atoms. The molecule has 0 saturated carbocycles. The third-order valence-electron chi connectivity index (χ3n) is 2.05. The van der Waals surface area contributed by atoms with Gasteiger partial charge >= 0.3 is 0 Å². The monoisotopic (exact) mass is 294 g/mol. The maximum absolute atomic E-state index is 12.9. The lowest BCUT2D eigenvalue weighted by Crippen LogP contribution is -2.12. The Balaban J connectivity index is 2.17. The molecule has 0 aliphatic carbocycles. The molecule has 0 atom stereocenters. The summed E-state index contributed by atoms with van der Waals surface area (Å²) in [4.78, 5) is 15.7. The first-order valence-electron chi connectivity index (χ1n) is 4.83. The smallest absolute Gasteiger partial charge is 0.256 e. The Morgan fingerprint density at radius 1 is 1.29 bits per heavy atom. The van der Waals surface area contributed by atoms with Gasteiger partial charge in [0.15, 0.2) is 0 Å². The predicted molar refractivity (Wildman–Crippen MR) is 66.3 cm³/mol. The molecule has 0 unspecified atom stereocenters. The number of halogens is 2. The fourth-order valence-electron chi connectivity index (χ4n) is 1.29. The predicted octanol–water partition coefficient (Wildman–Crippen LogP) is 3.24. The summed E-state index contributed by atoms with van der Waals surface area (Å²) in [6, 6.07) is 8.89. The highest BCUT2D eigenvalue weighted by Gasteiger charge is 2.07. The molecule has 0 fully saturated rings. The lowest BCUT2D eigenvalue weighted by atomic mass is 10.2. The summed E-state index contributed by atoms with van der Waals surface area (Å²) in [7, 11) is 0. The van der Waals surface area contributed by atoms with Gasteiger partial charge < -0.3 is 5.32 Å². The van der Waals surface area contributed by atoms with E-state index in [1.54, 1.807) is 18.3 Å². The van der Waals surface area contributed by atoms with E-state index in [1.165, 1.54) is 24.3 Å². The number of nitrogens with zero attached hydrogens (tertiary/aromatic N) is 1. The summed E-state index contributed by atoms with van der Waals surface area (Å²) < 4.78 is 13.7. The third-order valence-corrected chi connectivity index (χ3v) is 2.54. The molecule has 1 amide bonds. The minimum Gasteiger partial charge on any atom is -0.307 e. The number of anilines is 1. The molecule has 3 nitrogen and oxygen atoms in total. The maximum Gasteiger partial charge on any atom is 0.256 e. The molecule has 5 heteroatoms. The summed E-state index contributed by atoms with van der Waals surface area (Å²) in [6.45, 7) is 0. The molecule has 17 heavy (non-hydrogen) atoms. The van der Waals surface area contributed by atoms with Crippen molar-refractivity contribution in [3.05, 3.63) is 58.4 Å². The van der Waals surface area contributed by atoms with Crippen LogP contribution in [0.4, 0.5) is 10.2 Å². The van der Waals surface area contributed by atoms with Gasteiger partial charge in [-0.3, -0.25) is 4.79 Å². The van der Waals surface area contributed by atoms with Crippen LogP contribution in [0.25, 0.3) is 0 Å². The molecule has 1 aromatic heterocycles. The number of aromatic nitrogens is 1. The Hall–Kier alpha value is -1.75. The Bertz CT molecular complexity index is 560. The van der Waals surface area contributed by atoms with Gasteiger partial charge in [0.2, 0.25) is 0 Å². The van der Waals surface area contributed by atoms with Crippen molar-refractivity contribution in [2.75, 3.05) is 5.32 Å². The summed E-state index contributed by atoms with van der Waals surface area (Å²) in [5, 5.41) is 2.58. The number of hydrogen-bond acceptors (Lipinski definition) is 2. The highest BCUT2D eigenvalue weighted by Crippen LogP contribution is 2.14.